The normalized spacial score (nSPS) is 22.1. The number of benzene rings is 1. The largest absolute Gasteiger partial charge is 0.394 e. The molecule has 1 unspecified atom stereocenters. The van der Waals surface area contributed by atoms with Gasteiger partial charge in [0.2, 0.25) is 0 Å². The molecule has 1 aromatic carbocycles. The van der Waals surface area contributed by atoms with Crippen LogP contribution in [0.5, 0.6) is 0 Å². The van der Waals surface area contributed by atoms with Gasteiger partial charge in [-0.15, -0.1) is 0 Å². The lowest BCUT2D eigenvalue weighted by Crippen LogP contribution is -2.37. The summed E-state index contributed by atoms with van der Waals surface area (Å²) < 4.78 is 0.992. The zero-order valence-corrected chi connectivity index (χ0v) is 12.9. The van der Waals surface area contributed by atoms with Crippen molar-refractivity contribution in [3.63, 3.8) is 0 Å². The van der Waals surface area contributed by atoms with Gasteiger partial charge in [-0.2, -0.15) is 0 Å². The maximum absolute atomic E-state index is 9.62. The second-order valence-electron chi connectivity index (χ2n) is 5.27. The Morgan fingerprint density at radius 2 is 2.16 bits per heavy atom. The first kappa shape index (κ1) is 14.8. The molecule has 0 amide bonds. The number of hydrogen-bond acceptors (Lipinski definition) is 3. The van der Waals surface area contributed by atoms with Gasteiger partial charge in [-0.1, -0.05) is 18.9 Å². The van der Waals surface area contributed by atoms with Crippen LogP contribution in [0.25, 0.3) is 0 Å². The molecule has 0 saturated carbocycles. The van der Waals surface area contributed by atoms with Crippen molar-refractivity contribution >= 4 is 21.6 Å². The molecule has 1 heterocycles. The molecule has 1 aliphatic heterocycles. The van der Waals surface area contributed by atoms with Crippen LogP contribution in [0.15, 0.2) is 22.7 Å². The van der Waals surface area contributed by atoms with Crippen molar-refractivity contribution in [2.45, 2.75) is 44.8 Å². The molecular formula is C15H22BrNO2. The summed E-state index contributed by atoms with van der Waals surface area (Å²) in [7, 11) is 0. The Labute approximate surface area is 123 Å². The van der Waals surface area contributed by atoms with E-state index in [4.69, 9.17) is 0 Å². The van der Waals surface area contributed by atoms with Gasteiger partial charge in [0.15, 0.2) is 0 Å². The van der Waals surface area contributed by atoms with Crippen LogP contribution in [0.1, 0.15) is 44.3 Å². The highest BCUT2D eigenvalue weighted by Gasteiger charge is 2.22. The van der Waals surface area contributed by atoms with Gasteiger partial charge in [0.25, 0.3) is 0 Å². The minimum Gasteiger partial charge on any atom is -0.394 e. The number of aliphatic hydroxyl groups excluding tert-OH is 2. The van der Waals surface area contributed by atoms with Gasteiger partial charge in [-0.05, 0) is 53.4 Å². The van der Waals surface area contributed by atoms with Gasteiger partial charge >= 0.3 is 0 Å². The standard InChI is InChI=1S/C15H22BrNO2/c1-11(19)12-6-7-15(14(16)9-12)17-8-4-2-3-5-13(17)10-18/h6-7,9,11,13,18-19H,2-5,8,10H2,1H3/t11-,13?/m0/s1. The molecule has 0 aliphatic carbocycles. The fraction of sp³-hybridized carbons (Fsp3) is 0.600. The van der Waals surface area contributed by atoms with Gasteiger partial charge in [-0.3, -0.25) is 0 Å². The summed E-state index contributed by atoms with van der Waals surface area (Å²) in [5, 5.41) is 19.2. The summed E-state index contributed by atoms with van der Waals surface area (Å²) in [6.45, 7) is 2.95. The van der Waals surface area contributed by atoms with Gasteiger partial charge in [0, 0.05) is 11.0 Å². The molecule has 1 aromatic rings. The van der Waals surface area contributed by atoms with Crippen molar-refractivity contribution in [2.24, 2.45) is 0 Å². The van der Waals surface area contributed by atoms with Crippen LogP contribution in [0.2, 0.25) is 0 Å². The zero-order chi connectivity index (χ0) is 13.8. The highest BCUT2D eigenvalue weighted by molar-refractivity contribution is 9.10. The topological polar surface area (TPSA) is 43.7 Å². The predicted molar refractivity (Wildman–Crippen MR) is 81.5 cm³/mol. The number of halogens is 1. The van der Waals surface area contributed by atoms with Crippen molar-refractivity contribution < 1.29 is 10.2 Å². The van der Waals surface area contributed by atoms with Crippen molar-refractivity contribution in [1.29, 1.82) is 0 Å². The van der Waals surface area contributed by atoms with Gasteiger partial charge in [-0.25, -0.2) is 0 Å². The Kier molecular flexibility index (Phi) is 5.25. The Bertz CT molecular complexity index is 423. The van der Waals surface area contributed by atoms with Gasteiger partial charge in [0.05, 0.1) is 24.4 Å². The van der Waals surface area contributed by atoms with Crippen LogP contribution >= 0.6 is 15.9 Å². The molecule has 4 heteroatoms. The highest BCUT2D eigenvalue weighted by Crippen LogP contribution is 2.33. The molecule has 0 bridgehead atoms. The van der Waals surface area contributed by atoms with E-state index >= 15 is 0 Å². The Hall–Kier alpha value is -0.580. The number of rotatable bonds is 3. The monoisotopic (exact) mass is 327 g/mol. The lowest BCUT2D eigenvalue weighted by molar-refractivity contribution is 0.199. The average molecular weight is 328 g/mol. The van der Waals surface area contributed by atoms with Crippen molar-refractivity contribution in [2.75, 3.05) is 18.1 Å². The summed E-state index contributed by atoms with van der Waals surface area (Å²) in [5.41, 5.74) is 2.02. The van der Waals surface area contributed by atoms with Crippen LogP contribution in [0, 0.1) is 0 Å². The fourth-order valence-corrected chi connectivity index (χ4v) is 3.32. The second-order valence-corrected chi connectivity index (χ2v) is 6.12. The third kappa shape index (κ3) is 3.50. The first-order chi connectivity index (χ1) is 9.13. The lowest BCUT2D eigenvalue weighted by atomic mass is 10.1. The molecule has 0 radical (unpaired) electrons. The van der Waals surface area contributed by atoms with E-state index < -0.39 is 6.10 Å². The molecule has 19 heavy (non-hydrogen) atoms. The Morgan fingerprint density at radius 1 is 1.37 bits per heavy atom. The maximum Gasteiger partial charge on any atom is 0.0762 e. The third-order valence-electron chi connectivity index (χ3n) is 3.85. The summed E-state index contributed by atoms with van der Waals surface area (Å²) in [6, 6.07) is 6.18. The van der Waals surface area contributed by atoms with E-state index in [1.165, 1.54) is 19.3 Å². The summed E-state index contributed by atoms with van der Waals surface area (Å²) in [5.74, 6) is 0. The van der Waals surface area contributed by atoms with Gasteiger partial charge < -0.3 is 15.1 Å². The van der Waals surface area contributed by atoms with E-state index in [2.05, 4.69) is 20.8 Å². The molecule has 3 nitrogen and oxygen atoms in total. The number of hydrogen-bond donors (Lipinski definition) is 2. The van der Waals surface area contributed by atoms with Crippen LogP contribution in [-0.4, -0.2) is 29.4 Å². The van der Waals surface area contributed by atoms with Crippen LogP contribution in [-0.2, 0) is 0 Å². The first-order valence-corrected chi connectivity index (χ1v) is 7.77. The van der Waals surface area contributed by atoms with Crippen molar-refractivity contribution in [1.82, 2.24) is 0 Å². The minimum atomic E-state index is -0.455. The molecule has 2 atom stereocenters. The number of nitrogens with zero attached hydrogens (tertiary/aromatic N) is 1. The molecule has 106 valence electrons. The van der Waals surface area contributed by atoms with E-state index in [-0.39, 0.29) is 12.6 Å². The SMILES string of the molecule is C[C@H](O)c1ccc(N2CCCCCC2CO)c(Br)c1. The second kappa shape index (κ2) is 6.73. The maximum atomic E-state index is 9.62. The lowest BCUT2D eigenvalue weighted by Gasteiger charge is -2.32. The van der Waals surface area contributed by atoms with E-state index in [9.17, 15) is 10.2 Å². The van der Waals surface area contributed by atoms with Crippen molar-refractivity contribution in [3.05, 3.63) is 28.2 Å². The number of anilines is 1. The Morgan fingerprint density at radius 3 is 2.79 bits per heavy atom. The first-order valence-electron chi connectivity index (χ1n) is 6.98. The smallest absolute Gasteiger partial charge is 0.0762 e. The number of aliphatic hydroxyl groups is 2. The molecule has 2 N–H and O–H groups in total. The van der Waals surface area contributed by atoms with E-state index in [0.29, 0.717) is 0 Å². The zero-order valence-electron chi connectivity index (χ0n) is 11.3. The van der Waals surface area contributed by atoms with Gasteiger partial charge in [0.1, 0.15) is 0 Å². The summed E-state index contributed by atoms with van der Waals surface area (Å²) in [6.07, 6.45) is 4.17. The minimum absolute atomic E-state index is 0.199. The summed E-state index contributed by atoms with van der Waals surface area (Å²) >= 11 is 3.60. The molecule has 1 aliphatic rings. The van der Waals surface area contributed by atoms with E-state index in [1.807, 2.05) is 18.2 Å². The molecular weight excluding hydrogens is 306 g/mol. The molecule has 1 fully saturated rings. The summed E-state index contributed by atoms with van der Waals surface area (Å²) in [4.78, 5) is 2.29. The van der Waals surface area contributed by atoms with E-state index in [0.717, 1.165) is 28.7 Å². The van der Waals surface area contributed by atoms with Crippen LogP contribution in [0.4, 0.5) is 5.69 Å². The fourth-order valence-electron chi connectivity index (χ4n) is 2.70. The van der Waals surface area contributed by atoms with Crippen LogP contribution in [0.3, 0.4) is 0 Å². The predicted octanol–water partition coefficient (Wildman–Crippen LogP) is 3.24. The molecule has 0 aromatic heterocycles. The third-order valence-corrected chi connectivity index (χ3v) is 4.49. The highest BCUT2D eigenvalue weighted by atomic mass is 79.9. The molecule has 0 spiro atoms. The Balaban J connectivity index is 2.28. The molecule has 2 rings (SSSR count). The van der Waals surface area contributed by atoms with E-state index in [1.54, 1.807) is 6.92 Å². The quantitative estimate of drug-likeness (QED) is 0.895. The van der Waals surface area contributed by atoms with Crippen molar-refractivity contribution in [3.8, 4) is 0 Å². The average Bonchev–Trinajstić information content (AvgIpc) is 2.63. The molecule has 1 saturated heterocycles. The van der Waals surface area contributed by atoms with Crippen LogP contribution < -0.4 is 4.90 Å².